The second kappa shape index (κ2) is 11.4. The molecule has 1 fully saturated rings. The maximum absolute atomic E-state index is 12.3. The Bertz CT molecular complexity index is 604. The molecule has 0 saturated carbocycles. The zero-order valence-corrected chi connectivity index (χ0v) is 16.2. The Kier molecular flexibility index (Phi) is 8.90. The number of benzene rings is 1. The van der Waals surface area contributed by atoms with Gasteiger partial charge in [-0.25, -0.2) is 0 Å². The van der Waals surface area contributed by atoms with E-state index in [0.717, 1.165) is 18.7 Å². The molecule has 0 spiro atoms. The van der Waals surface area contributed by atoms with Crippen molar-refractivity contribution >= 4 is 12.0 Å². The van der Waals surface area contributed by atoms with Gasteiger partial charge in [0, 0.05) is 39.4 Å². The van der Waals surface area contributed by atoms with Gasteiger partial charge in [-0.2, -0.15) is 0 Å². The van der Waals surface area contributed by atoms with Crippen LogP contribution < -0.4 is 19.5 Å². The van der Waals surface area contributed by atoms with E-state index in [1.165, 1.54) is 0 Å². The summed E-state index contributed by atoms with van der Waals surface area (Å²) in [4.78, 5) is 14.1. The Morgan fingerprint density at radius 3 is 2.37 bits per heavy atom. The van der Waals surface area contributed by atoms with Crippen LogP contribution in [0.2, 0.25) is 0 Å². The van der Waals surface area contributed by atoms with Crippen LogP contribution >= 0.6 is 0 Å². The first-order valence-corrected chi connectivity index (χ1v) is 8.82. The van der Waals surface area contributed by atoms with Gasteiger partial charge in [0.2, 0.25) is 11.7 Å². The number of hydrogen-bond acceptors (Lipinski definition) is 7. The van der Waals surface area contributed by atoms with Crippen LogP contribution in [0.15, 0.2) is 18.2 Å². The number of hydrogen-bond donors (Lipinski definition) is 1. The van der Waals surface area contributed by atoms with Gasteiger partial charge in [0.1, 0.15) is 0 Å². The molecule has 0 aromatic heterocycles. The van der Waals surface area contributed by atoms with E-state index in [1.54, 1.807) is 45.6 Å². The Morgan fingerprint density at radius 2 is 1.78 bits per heavy atom. The number of rotatable bonds is 10. The van der Waals surface area contributed by atoms with E-state index < -0.39 is 0 Å². The van der Waals surface area contributed by atoms with E-state index in [-0.39, 0.29) is 12.7 Å². The third-order valence-electron chi connectivity index (χ3n) is 4.05. The third-order valence-corrected chi connectivity index (χ3v) is 4.05. The standard InChI is InChI=1S/C19H28N2O6/c1-23-10-11-26-14-27-19-16(24-2)12-15(13-17(19)25-3)4-5-18(22)21-8-6-20-7-9-21/h4-5,12-13,20H,6-11,14H2,1-3H3. The lowest BCUT2D eigenvalue weighted by atomic mass is 10.1. The largest absolute Gasteiger partial charge is 0.493 e. The minimum atomic E-state index is -0.0127. The van der Waals surface area contributed by atoms with Crippen molar-refractivity contribution in [1.29, 1.82) is 0 Å². The van der Waals surface area contributed by atoms with Crippen molar-refractivity contribution in [1.82, 2.24) is 10.2 Å². The Balaban J connectivity index is 2.06. The summed E-state index contributed by atoms with van der Waals surface area (Å²) in [5, 5.41) is 3.23. The molecule has 1 N–H and O–H groups in total. The van der Waals surface area contributed by atoms with Crippen molar-refractivity contribution in [3.8, 4) is 17.2 Å². The fraction of sp³-hybridized carbons (Fsp3) is 0.526. The normalized spacial score (nSPS) is 14.4. The summed E-state index contributed by atoms with van der Waals surface area (Å²) in [7, 11) is 4.70. The van der Waals surface area contributed by atoms with Gasteiger partial charge in [0.25, 0.3) is 0 Å². The molecule has 1 saturated heterocycles. The fourth-order valence-electron chi connectivity index (χ4n) is 2.60. The predicted octanol–water partition coefficient (Wildman–Crippen LogP) is 1.15. The zero-order valence-electron chi connectivity index (χ0n) is 16.2. The Morgan fingerprint density at radius 1 is 1.11 bits per heavy atom. The van der Waals surface area contributed by atoms with Crippen LogP contribution in [0.25, 0.3) is 6.08 Å². The highest BCUT2D eigenvalue weighted by atomic mass is 16.7. The van der Waals surface area contributed by atoms with E-state index in [9.17, 15) is 4.79 Å². The Hall–Kier alpha value is -2.29. The molecule has 1 heterocycles. The van der Waals surface area contributed by atoms with Gasteiger partial charge in [-0.3, -0.25) is 4.79 Å². The second-order valence-electron chi connectivity index (χ2n) is 5.83. The molecule has 1 aromatic carbocycles. The van der Waals surface area contributed by atoms with Gasteiger partial charge < -0.3 is 33.9 Å². The van der Waals surface area contributed by atoms with Crippen LogP contribution in [0, 0.1) is 0 Å². The van der Waals surface area contributed by atoms with Gasteiger partial charge in [-0.05, 0) is 23.8 Å². The van der Waals surface area contributed by atoms with Gasteiger partial charge in [-0.15, -0.1) is 0 Å². The lowest BCUT2D eigenvalue weighted by Crippen LogP contribution is -2.45. The van der Waals surface area contributed by atoms with Crippen LogP contribution in [-0.4, -0.2) is 78.3 Å². The van der Waals surface area contributed by atoms with E-state index in [0.29, 0.717) is 43.6 Å². The molecule has 0 unspecified atom stereocenters. The molecule has 2 rings (SSSR count). The number of carbonyl (C=O) groups is 1. The first-order chi connectivity index (χ1) is 13.2. The molecular weight excluding hydrogens is 352 g/mol. The summed E-state index contributed by atoms with van der Waals surface area (Å²) in [6, 6.07) is 3.57. The molecular formula is C19H28N2O6. The van der Waals surface area contributed by atoms with E-state index in [1.807, 2.05) is 4.90 Å². The van der Waals surface area contributed by atoms with Gasteiger partial charge in [-0.1, -0.05) is 0 Å². The van der Waals surface area contributed by atoms with Crippen LogP contribution in [0.1, 0.15) is 5.56 Å². The van der Waals surface area contributed by atoms with Crippen LogP contribution in [0.5, 0.6) is 17.2 Å². The van der Waals surface area contributed by atoms with Gasteiger partial charge in [0.15, 0.2) is 18.3 Å². The zero-order chi connectivity index (χ0) is 19.5. The first-order valence-electron chi connectivity index (χ1n) is 8.82. The van der Waals surface area contributed by atoms with Crippen LogP contribution in [-0.2, 0) is 14.3 Å². The summed E-state index contributed by atoms with van der Waals surface area (Å²) in [5.74, 6) is 1.43. The quantitative estimate of drug-likeness (QED) is 0.371. The first kappa shape index (κ1) is 21.0. The molecule has 1 amide bonds. The van der Waals surface area contributed by atoms with E-state index in [2.05, 4.69) is 5.32 Å². The van der Waals surface area contributed by atoms with Crippen molar-refractivity contribution in [3.05, 3.63) is 23.8 Å². The SMILES string of the molecule is COCCOCOc1c(OC)cc(C=CC(=O)N2CCNCC2)cc1OC. The number of amides is 1. The topological polar surface area (TPSA) is 78.5 Å². The molecule has 1 aliphatic rings. The average Bonchev–Trinajstić information content (AvgIpc) is 2.72. The van der Waals surface area contributed by atoms with Crippen molar-refractivity contribution in [2.24, 2.45) is 0 Å². The summed E-state index contributed by atoms with van der Waals surface area (Å²) < 4.78 is 26.7. The molecule has 1 aliphatic heterocycles. The maximum atomic E-state index is 12.3. The van der Waals surface area contributed by atoms with Crippen molar-refractivity contribution in [2.45, 2.75) is 0 Å². The minimum Gasteiger partial charge on any atom is -0.493 e. The highest BCUT2D eigenvalue weighted by molar-refractivity contribution is 5.92. The van der Waals surface area contributed by atoms with Gasteiger partial charge >= 0.3 is 0 Å². The van der Waals surface area contributed by atoms with E-state index in [4.69, 9.17) is 23.7 Å². The fourth-order valence-corrected chi connectivity index (χ4v) is 2.60. The smallest absolute Gasteiger partial charge is 0.246 e. The lowest BCUT2D eigenvalue weighted by molar-refractivity contribution is -0.126. The minimum absolute atomic E-state index is 0.0127. The molecule has 27 heavy (non-hydrogen) atoms. The highest BCUT2D eigenvalue weighted by Gasteiger charge is 2.15. The summed E-state index contributed by atoms with van der Waals surface area (Å²) >= 11 is 0. The molecule has 0 atom stereocenters. The molecule has 1 aromatic rings. The number of piperazine rings is 1. The van der Waals surface area contributed by atoms with Crippen molar-refractivity contribution in [2.75, 3.05) is 67.5 Å². The Labute approximate surface area is 160 Å². The van der Waals surface area contributed by atoms with Crippen LogP contribution in [0.3, 0.4) is 0 Å². The molecule has 0 bridgehead atoms. The number of nitrogens with zero attached hydrogens (tertiary/aromatic N) is 1. The third kappa shape index (κ3) is 6.42. The number of ether oxygens (including phenoxy) is 5. The lowest BCUT2D eigenvalue weighted by Gasteiger charge is -2.26. The van der Waals surface area contributed by atoms with Crippen LogP contribution in [0.4, 0.5) is 0 Å². The molecule has 8 heteroatoms. The summed E-state index contributed by atoms with van der Waals surface area (Å²) in [6.45, 7) is 4.03. The maximum Gasteiger partial charge on any atom is 0.246 e. The molecule has 8 nitrogen and oxygen atoms in total. The molecule has 0 aliphatic carbocycles. The predicted molar refractivity (Wildman–Crippen MR) is 101 cm³/mol. The monoisotopic (exact) mass is 380 g/mol. The highest BCUT2D eigenvalue weighted by Crippen LogP contribution is 2.38. The summed E-state index contributed by atoms with van der Waals surface area (Å²) in [6.07, 6.45) is 3.31. The van der Waals surface area contributed by atoms with Crippen molar-refractivity contribution in [3.63, 3.8) is 0 Å². The van der Waals surface area contributed by atoms with Crippen molar-refractivity contribution < 1.29 is 28.5 Å². The molecule has 0 radical (unpaired) electrons. The van der Waals surface area contributed by atoms with E-state index >= 15 is 0 Å². The van der Waals surface area contributed by atoms with Gasteiger partial charge in [0.05, 0.1) is 27.4 Å². The molecule has 150 valence electrons. The summed E-state index contributed by atoms with van der Waals surface area (Å²) in [5.41, 5.74) is 0.778. The number of nitrogens with one attached hydrogen (secondary N) is 1. The number of carbonyl (C=O) groups excluding carboxylic acids is 1. The average molecular weight is 380 g/mol. The number of methoxy groups -OCH3 is 3. The second-order valence-corrected chi connectivity index (χ2v) is 5.83.